The number of hydrogen-bond donors (Lipinski definition) is 1. The standard InChI is InChI=1S/C13H24N2O/c1-11-12(6-9-16-11)15-8-5-4-7-13(2,3)10-14/h11-12,15H,4-9H2,1-3H3. The Kier molecular flexibility index (Phi) is 5.24. The lowest BCUT2D eigenvalue weighted by molar-refractivity contribution is 0.113. The molecule has 2 unspecified atom stereocenters. The first-order chi connectivity index (χ1) is 7.55. The predicted molar refractivity (Wildman–Crippen MR) is 65.1 cm³/mol. The highest BCUT2D eigenvalue weighted by molar-refractivity contribution is 4.91. The molecule has 92 valence electrons. The minimum atomic E-state index is -0.163. The highest BCUT2D eigenvalue weighted by atomic mass is 16.5. The third-order valence-electron chi connectivity index (χ3n) is 3.31. The normalized spacial score (nSPS) is 25.6. The Morgan fingerprint density at radius 2 is 2.19 bits per heavy atom. The second-order valence-corrected chi connectivity index (χ2v) is 5.38. The molecule has 0 aliphatic carbocycles. The summed E-state index contributed by atoms with van der Waals surface area (Å²) in [6.07, 6.45) is 4.74. The topological polar surface area (TPSA) is 45.0 Å². The molecule has 1 fully saturated rings. The Labute approximate surface area is 99.2 Å². The van der Waals surface area contributed by atoms with Gasteiger partial charge in [0.05, 0.1) is 17.6 Å². The van der Waals surface area contributed by atoms with E-state index in [0.29, 0.717) is 12.1 Å². The fourth-order valence-corrected chi connectivity index (χ4v) is 2.04. The Hall–Kier alpha value is -0.590. The molecular weight excluding hydrogens is 200 g/mol. The first-order valence-electron chi connectivity index (χ1n) is 6.31. The fraction of sp³-hybridized carbons (Fsp3) is 0.923. The molecular formula is C13H24N2O. The van der Waals surface area contributed by atoms with Crippen LogP contribution in [0.3, 0.4) is 0 Å². The van der Waals surface area contributed by atoms with Gasteiger partial charge >= 0.3 is 0 Å². The Morgan fingerprint density at radius 3 is 2.75 bits per heavy atom. The summed E-state index contributed by atoms with van der Waals surface area (Å²) in [5.41, 5.74) is -0.163. The van der Waals surface area contributed by atoms with Gasteiger partial charge < -0.3 is 10.1 Å². The molecule has 1 aliphatic rings. The second kappa shape index (κ2) is 6.22. The number of hydrogen-bond acceptors (Lipinski definition) is 3. The molecule has 0 amide bonds. The molecule has 0 aromatic carbocycles. The number of ether oxygens (including phenoxy) is 1. The van der Waals surface area contributed by atoms with Crippen LogP contribution in [0.2, 0.25) is 0 Å². The number of unbranched alkanes of at least 4 members (excludes halogenated alkanes) is 1. The van der Waals surface area contributed by atoms with Crippen LogP contribution in [0, 0.1) is 16.7 Å². The summed E-state index contributed by atoms with van der Waals surface area (Å²) in [5.74, 6) is 0. The van der Waals surface area contributed by atoms with E-state index in [2.05, 4.69) is 18.3 Å². The average molecular weight is 224 g/mol. The van der Waals surface area contributed by atoms with Gasteiger partial charge in [-0.2, -0.15) is 5.26 Å². The minimum absolute atomic E-state index is 0.163. The first-order valence-corrected chi connectivity index (χ1v) is 6.31. The van der Waals surface area contributed by atoms with E-state index in [0.717, 1.165) is 38.8 Å². The van der Waals surface area contributed by atoms with Gasteiger partial charge in [-0.1, -0.05) is 6.42 Å². The summed E-state index contributed by atoms with van der Waals surface area (Å²) in [6, 6.07) is 2.87. The Morgan fingerprint density at radius 1 is 1.44 bits per heavy atom. The average Bonchev–Trinajstić information content (AvgIpc) is 2.64. The molecule has 0 bridgehead atoms. The van der Waals surface area contributed by atoms with Gasteiger partial charge in [-0.25, -0.2) is 0 Å². The van der Waals surface area contributed by atoms with Crippen LogP contribution in [0.1, 0.15) is 46.5 Å². The van der Waals surface area contributed by atoms with E-state index in [4.69, 9.17) is 10.00 Å². The maximum atomic E-state index is 8.88. The largest absolute Gasteiger partial charge is 0.377 e. The predicted octanol–water partition coefficient (Wildman–Crippen LogP) is 2.47. The van der Waals surface area contributed by atoms with Crippen molar-refractivity contribution in [2.75, 3.05) is 13.2 Å². The molecule has 3 heteroatoms. The summed E-state index contributed by atoms with van der Waals surface area (Å²) < 4.78 is 5.49. The van der Waals surface area contributed by atoms with E-state index < -0.39 is 0 Å². The van der Waals surface area contributed by atoms with Gasteiger partial charge in [0.2, 0.25) is 0 Å². The van der Waals surface area contributed by atoms with Gasteiger partial charge in [0, 0.05) is 12.6 Å². The lowest BCUT2D eigenvalue weighted by Gasteiger charge is -2.17. The molecule has 0 aromatic rings. The Bertz CT molecular complexity index is 245. The molecule has 1 N–H and O–H groups in total. The van der Waals surface area contributed by atoms with Crippen molar-refractivity contribution in [1.82, 2.24) is 5.32 Å². The summed E-state index contributed by atoms with van der Waals surface area (Å²) in [6.45, 7) is 8.07. The molecule has 2 atom stereocenters. The number of nitrogens with one attached hydrogen (secondary N) is 1. The van der Waals surface area contributed by atoms with E-state index >= 15 is 0 Å². The Balaban J connectivity index is 2.02. The van der Waals surface area contributed by atoms with Gasteiger partial charge in [0.15, 0.2) is 0 Å². The van der Waals surface area contributed by atoms with Crippen molar-refractivity contribution in [3.8, 4) is 6.07 Å². The third kappa shape index (κ3) is 4.51. The van der Waals surface area contributed by atoms with Crippen LogP contribution >= 0.6 is 0 Å². The third-order valence-corrected chi connectivity index (χ3v) is 3.31. The SMILES string of the molecule is CC1OCCC1NCCCCC(C)(C)C#N. The highest BCUT2D eigenvalue weighted by Crippen LogP contribution is 2.21. The smallest absolute Gasteiger partial charge is 0.0700 e. The molecule has 3 nitrogen and oxygen atoms in total. The summed E-state index contributed by atoms with van der Waals surface area (Å²) in [7, 11) is 0. The van der Waals surface area contributed by atoms with Crippen LogP contribution in [0.15, 0.2) is 0 Å². The quantitative estimate of drug-likeness (QED) is 0.705. The molecule has 1 aliphatic heterocycles. The van der Waals surface area contributed by atoms with E-state index in [1.54, 1.807) is 0 Å². The number of nitrogens with zero attached hydrogens (tertiary/aromatic N) is 1. The monoisotopic (exact) mass is 224 g/mol. The maximum absolute atomic E-state index is 8.88. The van der Waals surface area contributed by atoms with Crippen molar-refractivity contribution in [2.45, 2.75) is 58.6 Å². The van der Waals surface area contributed by atoms with Gasteiger partial charge in [0.25, 0.3) is 0 Å². The lowest BCUT2D eigenvalue weighted by atomic mass is 9.89. The van der Waals surface area contributed by atoms with Crippen LogP contribution in [0.25, 0.3) is 0 Å². The van der Waals surface area contributed by atoms with Gasteiger partial charge in [-0.3, -0.25) is 0 Å². The van der Waals surface area contributed by atoms with E-state index in [9.17, 15) is 0 Å². The van der Waals surface area contributed by atoms with Crippen molar-refractivity contribution in [3.63, 3.8) is 0 Å². The summed E-state index contributed by atoms with van der Waals surface area (Å²) >= 11 is 0. The molecule has 16 heavy (non-hydrogen) atoms. The van der Waals surface area contributed by atoms with Gasteiger partial charge in [-0.15, -0.1) is 0 Å². The van der Waals surface area contributed by atoms with Crippen LogP contribution < -0.4 is 5.32 Å². The molecule has 1 heterocycles. The molecule has 1 rings (SSSR count). The zero-order chi connectivity index (χ0) is 12.0. The highest BCUT2D eigenvalue weighted by Gasteiger charge is 2.23. The molecule has 0 radical (unpaired) electrons. The fourth-order valence-electron chi connectivity index (χ4n) is 2.04. The van der Waals surface area contributed by atoms with Crippen molar-refractivity contribution in [2.24, 2.45) is 5.41 Å². The first kappa shape index (κ1) is 13.5. The summed E-state index contributed by atoms with van der Waals surface area (Å²) in [5, 5.41) is 12.4. The molecule has 0 aromatic heterocycles. The van der Waals surface area contributed by atoms with Crippen LogP contribution in [0.4, 0.5) is 0 Å². The van der Waals surface area contributed by atoms with Crippen molar-refractivity contribution in [3.05, 3.63) is 0 Å². The van der Waals surface area contributed by atoms with Crippen molar-refractivity contribution >= 4 is 0 Å². The second-order valence-electron chi connectivity index (χ2n) is 5.38. The van der Waals surface area contributed by atoms with Crippen LogP contribution in [-0.4, -0.2) is 25.3 Å². The molecule has 1 saturated heterocycles. The minimum Gasteiger partial charge on any atom is -0.377 e. The number of rotatable bonds is 6. The van der Waals surface area contributed by atoms with E-state index in [1.165, 1.54) is 0 Å². The van der Waals surface area contributed by atoms with Crippen molar-refractivity contribution < 1.29 is 4.74 Å². The summed E-state index contributed by atoms with van der Waals surface area (Å²) in [4.78, 5) is 0. The van der Waals surface area contributed by atoms with Crippen molar-refractivity contribution in [1.29, 1.82) is 5.26 Å². The molecule has 0 spiro atoms. The molecule has 0 saturated carbocycles. The zero-order valence-electron chi connectivity index (χ0n) is 10.8. The van der Waals surface area contributed by atoms with E-state index in [1.807, 2.05) is 13.8 Å². The van der Waals surface area contributed by atoms with Crippen LogP contribution in [0.5, 0.6) is 0 Å². The van der Waals surface area contributed by atoms with Gasteiger partial charge in [-0.05, 0) is 46.6 Å². The lowest BCUT2D eigenvalue weighted by Crippen LogP contribution is -2.35. The van der Waals surface area contributed by atoms with Gasteiger partial charge in [0.1, 0.15) is 0 Å². The number of nitriles is 1. The van der Waals surface area contributed by atoms with Crippen LogP contribution in [-0.2, 0) is 4.74 Å². The van der Waals surface area contributed by atoms with E-state index in [-0.39, 0.29) is 5.41 Å². The zero-order valence-corrected chi connectivity index (χ0v) is 10.8. The maximum Gasteiger partial charge on any atom is 0.0700 e.